The van der Waals surface area contributed by atoms with Gasteiger partial charge in [0.1, 0.15) is 6.23 Å². The highest BCUT2D eigenvalue weighted by atomic mass is 16.6. The molecule has 1 amide bonds. The number of fused-ring (bicyclic) bond motifs is 1. The van der Waals surface area contributed by atoms with E-state index in [9.17, 15) is 24.9 Å². The van der Waals surface area contributed by atoms with Crippen molar-refractivity contribution in [1.29, 1.82) is 0 Å². The van der Waals surface area contributed by atoms with Crippen LogP contribution in [0.2, 0.25) is 0 Å². The molecule has 3 rings (SSSR count). The first-order valence-corrected chi connectivity index (χ1v) is 11.9. The molecule has 31 heavy (non-hydrogen) atoms. The van der Waals surface area contributed by atoms with Crippen molar-refractivity contribution >= 4 is 11.7 Å². The van der Waals surface area contributed by atoms with E-state index < -0.39 is 37.1 Å². The summed E-state index contributed by atoms with van der Waals surface area (Å²) in [6.07, 6.45) is 6.94. The molecule has 0 aromatic carbocycles. The molecule has 3 aliphatic rings. The number of nitrogens with one attached hydrogen (secondary N) is 2. The van der Waals surface area contributed by atoms with E-state index in [0.717, 1.165) is 25.2 Å². The third-order valence-corrected chi connectivity index (χ3v) is 7.41. The van der Waals surface area contributed by atoms with E-state index in [1.54, 1.807) is 0 Å². The number of carbonyl (C=O) groups excluding carboxylic acids is 2. The Labute approximate surface area is 185 Å². The average Bonchev–Trinajstić information content (AvgIpc) is 3.56. The zero-order valence-corrected chi connectivity index (χ0v) is 18.9. The highest BCUT2D eigenvalue weighted by molar-refractivity contribution is 5.94. The number of rotatable bonds is 11. The molecule has 0 spiro atoms. The molecule has 2 saturated carbocycles. The molecule has 7 atom stereocenters. The van der Waals surface area contributed by atoms with Crippen LogP contribution in [0.25, 0.3) is 0 Å². The number of aliphatic hydroxyl groups excluding tert-OH is 3. The molecule has 178 valence electrons. The minimum atomic E-state index is -1.29. The maximum Gasteiger partial charge on any atom is 0.223 e. The zero-order chi connectivity index (χ0) is 22.6. The van der Waals surface area contributed by atoms with E-state index in [4.69, 9.17) is 4.74 Å². The number of hydrogen-bond donors (Lipinski definition) is 5. The van der Waals surface area contributed by atoms with Gasteiger partial charge < -0.3 is 25.4 Å². The molecule has 8 nitrogen and oxygen atoms in total. The third-order valence-electron chi connectivity index (χ3n) is 7.41. The molecule has 2 aliphatic carbocycles. The minimum Gasteiger partial charge on any atom is -0.394 e. The van der Waals surface area contributed by atoms with Crippen LogP contribution in [-0.2, 0) is 14.3 Å². The Morgan fingerprint density at radius 2 is 1.77 bits per heavy atom. The van der Waals surface area contributed by atoms with E-state index in [-0.39, 0.29) is 30.1 Å². The Bertz CT molecular complexity index is 623. The fraction of sp³-hybridized carbons (Fsp3) is 0.913. The Balaban J connectivity index is 1.57. The molecule has 3 fully saturated rings. The second kappa shape index (κ2) is 10.7. The number of ketones is 1. The summed E-state index contributed by atoms with van der Waals surface area (Å²) >= 11 is 0. The van der Waals surface area contributed by atoms with Crippen LogP contribution < -0.4 is 10.6 Å². The lowest BCUT2D eigenvalue weighted by Crippen LogP contribution is -2.58. The molecular formula is C23H40N2O6. The number of amides is 1. The molecule has 1 heterocycles. The SMILES string of the molecule is CC(C)CC(NC(O)[C@H](CO)NC(=O)C1CCC2CCCCC2C1)C(=O)C1(CO)CO1. The van der Waals surface area contributed by atoms with Crippen molar-refractivity contribution in [3.63, 3.8) is 0 Å². The van der Waals surface area contributed by atoms with E-state index in [2.05, 4.69) is 10.6 Å². The molecule has 6 unspecified atom stereocenters. The molecule has 0 aromatic rings. The number of hydrogen-bond acceptors (Lipinski definition) is 7. The van der Waals surface area contributed by atoms with E-state index in [1.165, 1.54) is 25.7 Å². The number of Topliss-reactive ketones (excluding diaryl/α,β-unsaturated/α-hetero) is 1. The summed E-state index contributed by atoms with van der Waals surface area (Å²) in [6.45, 7) is 3.24. The molecule has 8 heteroatoms. The Morgan fingerprint density at radius 3 is 2.35 bits per heavy atom. The number of aliphatic hydroxyl groups is 3. The van der Waals surface area contributed by atoms with Crippen LogP contribution in [-0.4, -0.2) is 70.7 Å². The predicted molar refractivity (Wildman–Crippen MR) is 115 cm³/mol. The zero-order valence-electron chi connectivity index (χ0n) is 18.9. The van der Waals surface area contributed by atoms with Gasteiger partial charge in [-0.25, -0.2) is 0 Å². The number of ether oxygens (including phenoxy) is 1. The first kappa shape index (κ1) is 24.6. The fourth-order valence-corrected chi connectivity index (χ4v) is 5.40. The summed E-state index contributed by atoms with van der Waals surface area (Å²) in [5.41, 5.74) is -1.19. The van der Waals surface area contributed by atoms with Crippen LogP contribution >= 0.6 is 0 Å². The Kier molecular flexibility index (Phi) is 8.49. The molecule has 1 saturated heterocycles. The van der Waals surface area contributed by atoms with Gasteiger partial charge in [0.15, 0.2) is 11.4 Å². The van der Waals surface area contributed by atoms with Crippen molar-refractivity contribution in [2.75, 3.05) is 19.8 Å². The van der Waals surface area contributed by atoms with E-state index in [1.807, 2.05) is 13.8 Å². The summed E-state index contributed by atoms with van der Waals surface area (Å²) in [7, 11) is 0. The second-order valence-corrected chi connectivity index (χ2v) is 10.2. The predicted octanol–water partition coefficient (Wildman–Crippen LogP) is 0.723. The molecular weight excluding hydrogens is 400 g/mol. The fourth-order valence-electron chi connectivity index (χ4n) is 5.40. The summed E-state index contributed by atoms with van der Waals surface area (Å²) in [4.78, 5) is 25.7. The van der Waals surface area contributed by atoms with E-state index >= 15 is 0 Å². The lowest BCUT2D eigenvalue weighted by atomic mass is 9.67. The van der Waals surface area contributed by atoms with Crippen LogP contribution in [0.4, 0.5) is 0 Å². The third kappa shape index (κ3) is 6.05. The smallest absolute Gasteiger partial charge is 0.223 e. The highest BCUT2D eigenvalue weighted by Crippen LogP contribution is 2.42. The summed E-state index contributed by atoms with van der Waals surface area (Å²) in [5, 5.41) is 35.7. The molecule has 5 N–H and O–H groups in total. The number of carbonyl (C=O) groups is 2. The number of epoxide rings is 1. The van der Waals surface area contributed by atoms with Gasteiger partial charge >= 0.3 is 0 Å². The van der Waals surface area contributed by atoms with Crippen LogP contribution in [0.3, 0.4) is 0 Å². The lowest BCUT2D eigenvalue weighted by Gasteiger charge is -2.39. The van der Waals surface area contributed by atoms with Gasteiger partial charge in [0.05, 0.1) is 31.9 Å². The standard InChI is InChI=1S/C23H40N2O6/c1-14(2)9-18(20(28)23(12-27)13-31-23)24-22(30)19(11-26)25-21(29)17-8-7-15-5-3-4-6-16(15)10-17/h14-19,22,24,26-27,30H,3-13H2,1-2H3,(H,25,29)/t15?,16?,17?,18?,19-,22?,23?/m0/s1. The first-order chi connectivity index (χ1) is 14.8. The monoisotopic (exact) mass is 440 g/mol. The van der Waals surface area contributed by atoms with Gasteiger partial charge in [0.2, 0.25) is 5.91 Å². The highest BCUT2D eigenvalue weighted by Gasteiger charge is 2.54. The van der Waals surface area contributed by atoms with Gasteiger partial charge in [-0.2, -0.15) is 0 Å². The van der Waals surface area contributed by atoms with Crippen molar-refractivity contribution in [3.8, 4) is 0 Å². The lowest BCUT2D eigenvalue weighted by molar-refractivity contribution is -0.130. The van der Waals surface area contributed by atoms with Crippen LogP contribution in [0.5, 0.6) is 0 Å². The molecule has 1 aliphatic heterocycles. The van der Waals surface area contributed by atoms with Gasteiger partial charge in [0, 0.05) is 5.92 Å². The molecule has 0 radical (unpaired) electrons. The summed E-state index contributed by atoms with van der Waals surface area (Å²) in [5.74, 6) is 0.983. The normalized spacial score (nSPS) is 33.3. The quantitative estimate of drug-likeness (QED) is 0.236. The van der Waals surface area contributed by atoms with Gasteiger partial charge in [-0.05, 0) is 43.4 Å². The van der Waals surface area contributed by atoms with Crippen LogP contribution in [0, 0.1) is 23.7 Å². The summed E-state index contributed by atoms with van der Waals surface area (Å²) < 4.78 is 5.18. The van der Waals surface area contributed by atoms with Crippen LogP contribution in [0.1, 0.15) is 65.2 Å². The topological polar surface area (TPSA) is 131 Å². The van der Waals surface area contributed by atoms with Crippen molar-refractivity contribution in [2.45, 2.75) is 89.1 Å². The molecule has 0 aromatic heterocycles. The summed E-state index contributed by atoms with van der Waals surface area (Å²) in [6, 6.07) is -1.66. The van der Waals surface area contributed by atoms with E-state index in [0.29, 0.717) is 12.3 Å². The first-order valence-electron chi connectivity index (χ1n) is 11.9. The van der Waals surface area contributed by atoms with Crippen molar-refractivity contribution in [1.82, 2.24) is 10.6 Å². The van der Waals surface area contributed by atoms with Gasteiger partial charge in [0.25, 0.3) is 0 Å². The Hall–Kier alpha value is -1.06. The van der Waals surface area contributed by atoms with Gasteiger partial charge in [-0.3, -0.25) is 14.9 Å². The maximum absolute atomic E-state index is 12.9. The Morgan fingerprint density at radius 1 is 1.10 bits per heavy atom. The minimum absolute atomic E-state index is 0.0915. The van der Waals surface area contributed by atoms with Crippen molar-refractivity contribution in [2.24, 2.45) is 23.7 Å². The van der Waals surface area contributed by atoms with Gasteiger partial charge in [-0.15, -0.1) is 0 Å². The van der Waals surface area contributed by atoms with Gasteiger partial charge in [-0.1, -0.05) is 39.5 Å². The largest absolute Gasteiger partial charge is 0.394 e. The second-order valence-electron chi connectivity index (χ2n) is 10.2. The van der Waals surface area contributed by atoms with Crippen LogP contribution in [0.15, 0.2) is 0 Å². The average molecular weight is 441 g/mol. The van der Waals surface area contributed by atoms with Crippen molar-refractivity contribution < 1.29 is 29.6 Å². The maximum atomic E-state index is 12.9. The molecule has 0 bridgehead atoms. The van der Waals surface area contributed by atoms with Crippen molar-refractivity contribution in [3.05, 3.63) is 0 Å².